The molecule has 0 nitrogen and oxygen atoms in total. The summed E-state index contributed by atoms with van der Waals surface area (Å²) in [6.45, 7) is 3.88. The predicted octanol–water partition coefficient (Wildman–Crippen LogP) is 1.97. The molecule has 1 rings (SSSR count). The van der Waals surface area contributed by atoms with Crippen LogP contribution in [0, 0.1) is 6.92 Å². The van der Waals surface area contributed by atoms with Crippen molar-refractivity contribution in [3.05, 3.63) is 6.92 Å². The molecule has 0 N–H and O–H groups in total. The van der Waals surface area contributed by atoms with Gasteiger partial charge in [-0.05, 0) is 0 Å². The summed E-state index contributed by atoms with van der Waals surface area (Å²) in [5, 5.41) is 0.676. The van der Waals surface area contributed by atoms with Crippen LogP contribution in [0.3, 0.4) is 0 Å². The van der Waals surface area contributed by atoms with Crippen LogP contribution in [0.1, 0.15) is 6.42 Å². The van der Waals surface area contributed by atoms with E-state index >= 15 is 0 Å². The maximum atomic E-state index is 3.88. The van der Waals surface area contributed by atoms with Crippen LogP contribution >= 0.6 is 21.6 Å². The van der Waals surface area contributed by atoms with E-state index in [4.69, 9.17) is 0 Å². The van der Waals surface area contributed by atoms with Gasteiger partial charge in [0.05, 0.1) is 0 Å². The second-order valence-corrected chi connectivity index (χ2v) is 4.12. The van der Waals surface area contributed by atoms with E-state index in [2.05, 4.69) is 6.92 Å². The minimum absolute atomic E-state index is 0. The molecule has 0 aromatic carbocycles. The maximum Gasteiger partial charge on any atom is 0.00218 e. The molecule has 0 spiro atoms. The van der Waals surface area contributed by atoms with Gasteiger partial charge < -0.3 is 6.92 Å². The van der Waals surface area contributed by atoms with Crippen LogP contribution in [0.15, 0.2) is 0 Å². The van der Waals surface area contributed by atoms with E-state index in [1.165, 1.54) is 12.2 Å². The molecule has 5 heteroatoms. The molecule has 1 fully saturated rings. The van der Waals surface area contributed by atoms with Gasteiger partial charge in [0.1, 0.15) is 0 Å². The van der Waals surface area contributed by atoms with Gasteiger partial charge in [-0.1, -0.05) is 17.2 Å². The van der Waals surface area contributed by atoms with E-state index in [1.54, 1.807) is 0 Å². The van der Waals surface area contributed by atoms with Gasteiger partial charge in [0.2, 0.25) is 0 Å². The number of rotatable bonds is 0. The van der Waals surface area contributed by atoms with Gasteiger partial charge in [0, 0.05) is 104 Å². The van der Waals surface area contributed by atoms with Gasteiger partial charge >= 0.3 is 0 Å². The van der Waals surface area contributed by atoms with E-state index in [1.807, 2.05) is 21.6 Å². The van der Waals surface area contributed by atoms with Crippen molar-refractivity contribution in [2.24, 2.45) is 0 Å². The maximum absolute atomic E-state index is 3.88. The first kappa shape index (κ1) is 18.7. The Kier molecular flexibility index (Phi) is 25.0. The monoisotopic (exact) mass is 386 g/mol. The van der Waals surface area contributed by atoms with Crippen molar-refractivity contribution in [1.29, 1.82) is 0 Å². The molecule has 1 unspecified atom stereocenters. The van der Waals surface area contributed by atoms with E-state index in [-0.39, 0.29) is 98.1 Å². The summed E-state index contributed by atoms with van der Waals surface area (Å²) >= 11 is 0. The first-order valence-electron chi connectivity index (χ1n) is 2.01. The quantitative estimate of drug-likeness (QED) is 0.462. The van der Waals surface area contributed by atoms with Gasteiger partial charge in [0.25, 0.3) is 0 Å². The fraction of sp³-hybridized carbons (Fsp3) is 0.750. The van der Waals surface area contributed by atoms with Crippen LogP contribution in [-0.4, -0.2) is 11.0 Å². The standard InChI is InChI=1S/C4H7S2.3Y/c1-4-2-3-5-6-4;;;/h4H,1-3H2;;;/q-1;;;. The van der Waals surface area contributed by atoms with Gasteiger partial charge in [-0.2, -0.15) is 0 Å². The van der Waals surface area contributed by atoms with Crippen LogP contribution in [0.2, 0.25) is 0 Å². The van der Waals surface area contributed by atoms with Crippen molar-refractivity contribution in [3.63, 3.8) is 0 Å². The minimum atomic E-state index is 0. The van der Waals surface area contributed by atoms with Crippen molar-refractivity contribution in [2.45, 2.75) is 11.7 Å². The van der Waals surface area contributed by atoms with E-state index in [0.717, 1.165) is 0 Å². The van der Waals surface area contributed by atoms with Crippen LogP contribution in [-0.2, 0) is 98.1 Å². The Balaban J connectivity index is -0.000000120. The molecule has 0 amide bonds. The molecular formula is C4H7S2Y3-. The Morgan fingerprint density at radius 2 is 1.78 bits per heavy atom. The summed E-state index contributed by atoms with van der Waals surface area (Å²) in [6, 6.07) is 0. The zero-order valence-electron chi connectivity index (χ0n) is 5.25. The van der Waals surface area contributed by atoms with E-state index < -0.39 is 0 Å². The minimum Gasteiger partial charge on any atom is -0.330 e. The molecule has 1 aliphatic heterocycles. The molecule has 0 bridgehead atoms. The Labute approximate surface area is 141 Å². The van der Waals surface area contributed by atoms with E-state index in [0.29, 0.717) is 5.25 Å². The molecule has 45 valence electrons. The molecule has 0 aliphatic carbocycles. The summed E-state index contributed by atoms with van der Waals surface area (Å²) in [5.74, 6) is 1.30. The second kappa shape index (κ2) is 12.0. The third-order valence-electron chi connectivity index (χ3n) is 0.727. The predicted molar refractivity (Wildman–Crippen MR) is 33.8 cm³/mol. The SMILES string of the molecule is [CH2-]C1CCSS1.[Y].[Y].[Y]. The number of hydrogen-bond acceptors (Lipinski definition) is 2. The zero-order valence-corrected chi connectivity index (χ0v) is 15.4. The molecule has 0 aromatic rings. The van der Waals surface area contributed by atoms with Crippen molar-refractivity contribution in [2.75, 3.05) is 5.75 Å². The molecule has 1 heterocycles. The molecule has 0 aromatic heterocycles. The molecule has 3 radical (unpaired) electrons. The van der Waals surface area contributed by atoms with Crippen LogP contribution < -0.4 is 0 Å². The molecule has 1 saturated heterocycles. The van der Waals surface area contributed by atoms with Crippen molar-refractivity contribution < 1.29 is 98.1 Å². The number of hydrogen-bond donors (Lipinski definition) is 0. The Morgan fingerprint density at radius 3 is 1.89 bits per heavy atom. The Hall–Kier alpha value is 4.01. The van der Waals surface area contributed by atoms with Gasteiger partial charge in [-0.15, -0.1) is 16.0 Å². The topological polar surface area (TPSA) is 0 Å². The summed E-state index contributed by atoms with van der Waals surface area (Å²) < 4.78 is 0. The molecule has 1 atom stereocenters. The zero-order chi connectivity index (χ0) is 4.41. The molecule has 0 saturated carbocycles. The Morgan fingerprint density at radius 1 is 1.22 bits per heavy atom. The van der Waals surface area contributed by atoms with Crippen molar-refractivity contribution >= 4 is 21.6 Å². The first-order chi connectivity index (χ1) is 2.89. The molecule has 9 heavy (non-hydrogen) atoms. The summed E-state index contributed by atoms with van der Waals surface area (Å²) in [7, 11) is 3.84. The van der Waals surface area contributed by atoms with Crippen molar-refractivity contribution in [1.82, 2.24) is 0 Å². The first-order valence-corrected chi connectivity index (χ1v) is 4.39. The third kappa shape index (κ3) is 9.93. The van der Waals surface area contributed by atoms with Gasteiger partial charge in [-0.3, -0.25) is 0 Å². The normalized spacial score (nSPS) is 23.0. The fourth-order valence-corrected chi connectivity index (χ4v) is 2.85. The molecular weight excluding hydrogens is 379 g/mol. The summed E-state index contributed by atoms with van der Waals surface area (Å²) in [6.07, 6.45) is 1.30. The average molecular weight is 386 g/mol. The van der Waals surface area contributed by atoms with Crippen molar-refractivity contribution in [3.8, 4) is 0 Å². The third-order valence-corrected chi connectivity index (χ3v) is 3.50. The van der Waals surface area contributed by atoms with Crippen LogP contribution in [0.5, 0.6) is 0 Å². The largest absolute Gasteiger partial charge is 0.330 e. The fourth-order valence-electron chi connectivity index (χ4n) is 0.372. The second-order valence-electron chi connectivity index (χ2n) is 1.33. The van der Waals surface area contributed by atoms with Gasteiger partial charge in [-0.25, -0.2) is 0 Å². The smallest absolute Gasteiger partial charge is 0.00218 e. The molecule has 1 aliphatic rings. The average Bonchev–Trinajstić information content (AvgIpc) is 1.86. The van der Waals surface area contributed by atoms with Crippen LogP contribution in [0.25, 0.3) is 0 Å². The Bertz CT molecular complexity index is 47.1. The van der Waals surface area contributed by atoms with E-state index in [9.17, 15) is 0 Å². The summed E-state index contributed by atoms with van der Waals surface area (Å²) in [4.78, 5) is 0. The van der Waals surface area contributed by atoms with Gasteiger partial charge in [0.15, 0.2) is 0 Å². The van der Waals surface area contributed by atoms with Crippen LogP contribution in [0.4, 0.5) is 0 Å². The summed E-state index contributed by atoms with van der Waals surface area (Å²) in [5.41, 5.74) is 0.